The van der Waals surface area contributed by atoms with Crippen molar-refractivity contribution < 1.29 is 28.6 Å². The number of hydrogen-bond acceptors (Lipinski definition) is 6. The SMILES string of the molecule is CCCCC/C=C\CCCCCCCC(=O)OCC(COC(=O)CCCCCCCCCCCCCCCCCCCCCCCCCC)OC(=O)CCCCCCCCCCCCCCCCCCCCCCCCCC. The summed E-state index contributed by atoms with van der Waals surface area (Å²) >= 11 is 0. The van der Waals surface area contributed by atoms with Crippen LogP contribution in [0.15, 0.2) is 12.2 Å². The lowest BCUT2D eigenvalue weighted by atomic mass is 10.0. The molecule has 0 aliphatic heterocycles. The first-order chi connectivity index (χ1) is 38.5. The summed E-state index contributed by atoms with van der Waals surface area (Å²) in [6.07, 6.45) is 81.1. The number of carbonyl (C=O) groups is 3. The maximum Gasteiger partial charge on any atom is 0.306 e. The van der Waals surface area contributed by atoms with Gasteiger partial charge in [-0.2, -0.15) is 0 Å². The Morgan fingerprint density at radius 2 is 0.423 bits per heavy atom. The molecule has 0 aliphatic carbocycles. The maximum absolute atomic E-state index is 12.9. The number of allylic oxidation sites excluding steroid dienone is 2. The molecule has 0 heterocycles. The molecule has 0 aromatic carbocycles. The van der Waals surface area contributed by atoms with E-state index in [9.17, 15) is 14.4 Å². The maximum atomic E-state index is 12.9. The number of ether oxygens (including phenoxy) is 3. The van der Waals surface area contributed by atoms with Gasteiger partial charge >= 0.3 is 17.9 Å². The summed E-state index contributed by atoms with van der Waals surface area (Å²) < 4.78 is 17.0. The van der Waals surface area contributed by atoms with Crippen molar-refractivity contribution in [2.24, 2.45) is 0 Å². The van der Waals surface area contributed by atoms with Gasteiger partial charge in [0.1, 0.15) is 13.2 Å². The molecule has 0 spiro atoms. The molecule has 0 aromatic heterocycles. The molecule has 6 heteroatoms. The van der Waals surface area contributed by atoms with Gasteiger partial charge in [-0.05, 0) is 44.9 Å². The van der Waals surface area contributed by atoms with E-state index in [0.29, 0.717) is 19.3 Å². The molecule has 0 N–H and O–H groups in total. The molecule has 0 aromatic rings. The van der Waals surface area contributed by atoms with Gasteiger partial charge in [0.05, 0.1) is 0 Å². The van der Waals surface area contributed by atoms with Gasteiger partial charge in [-0.15, -0.1) is 0 Å². The lowest BCUT2D eigenvalue weighted by Gasteiger charge is -2.18. The number of esters is 3. The van der Waals surface area contributed by atoms with Gasteiger partial charge in [-0.3, -0.25) is 14.4 Å². The highest BCUT2D eigenvalue weighted by molar-refractivity contribution is 5.71. The zero-order valence-electron chi connectivity index (χ0n) is 53.2. The fraction of sp³-hybridized carbons (Fsp3) is 0.931. The predicted octanol–water partition coefficient (Wildman–Crippen LogP) is 24.4. The largest absolute Gasteiger partial charge is 0.462 e. The van der Waals surface area contributed by atoms with Crippen LogP contribution in [-0.4, -0.2) is 37.2 Å². The first-order valence-electron chi connectivity index (χ1n) is 35.7. The summed E-state index contributed by atoms with van der Waals surface area (Å²) in [6.45, 7) is 6.70. The number of carbonyl (C=O) groups excluding carboxylic acids is 3. The Labute approximate surface area is 488 Å². The van der Waals surface area contributed by atoms with Crippen LogP contribution in [0.2, 0.25) is 0 Å². The summed E-state index contributed by atoms with van der Waals surface area (Å²) in [6, 6.07) is 0. The van der Waals surface area contributed by atoms with Crippen LogP contribution in [0.3, 0.4) is 0 Å². The first-order valence-corrected chi connectivity index (χ1v) is 35.7. The van der Waals surface area contributed by atoms with Crippen LogP contribution in [0.25, 0.3) is 0 Å². The van der Waals surface area contributed by atoms with Crippen molar-refractivity contribution in [1.82, 2.24) is 0 Å². The summed E-state index contributed by atoms with van der Waals surface area (Å²) in [7, 11) is 0. The Kier molecular flexibility index (Phi) is 66.0. The zero-order chi connectivity index (χ0) is 56.4. The predicted molar refractivity (Wildman–Crippen MR) is 340 cm³/mol. The van der Waals surface area contributed by atoms with Crippen LogP contribution >= 0.6 is 0 Å². The molecule has 462 valence electrons. The van der Waals surface area contributed by atoms with Gasteiger partial charge < -0.3 is 14.2 Å². The summed E-state index contributed by atoms with van der Waals surface area (Å²) in [5.74, 6) is -0.840. The second kappa shape index (κ2) is 67.7. The quantitative estimate of drug-likeness (QED) is 0.0261. The lowest BCUT2D eigenvalue weighted by molar-refractivity contribution is -0.167. The Bertz CT molecular complexity index is 1210. The highest BCUT2D eigenvalue weighted by Crippen LogP contribution is 2.19. The minimum atomic E-state index is -0.769. The normalized spacial score (nSPS) is 12.0. The first kappa shape index (κ1) is 76.1. The topological polar surface area (TPSA) is 78.9 Å². The number of rotatable bonds is 67. The molecule has 0 rings (SSSR count). The second-order valence-corrected chi connectivity index (χ2v) is 24.5. The standard InChI is InChI=1S/C72H138O6/c1-4-7-10-13-16-19-22-25-27-29-31-33-35-37-39-41-43-45-47-50-53-56-59-62-65-71(74)77-68-69(67-76-70(73)64-61-58-55-52-49-24-21-18-15-12-9-6-3)78-72(75)66-63-60-57-54-51-48-46-44-42-40-38-36-34-32-30-28-26-23-20-17-14-11-8-5-2/h18,21,69H,4-17,19-20,22-68H2,1-3H3/b21-18-. The van der Waals surface area contributed by atoms with Crippen molar-refractivity contribution in [1.29, 1.82) is 0 Å². The molecule has 0 saturated carbocycles. The van der Waals surface area contributed by atoms with Crippen LogP contribution in [0.5, 0.6) is 0 Å². The number of unbranched alkanes of at least 4 members (excludes halogenated alkanes) is 54. The summed E-state index contributed by atoms with van der Waals surface area (Å²) in [5, 5.41) is 0. The minimum Gasteiger partial charge on any atom is -0.462 e. The van der Waals surface area contributed by atoms with Crippen LogP contribution in [0, 0.1) is 0 Å². The fourth-order valence-corrected chi connectivity index (χ4v) is 11.2. The molecule has 6 nitrogen and oxygen atoms in total. The number of hydrogen-bond donors (Lipinski definition) is 0. The van der Waals surface area contributed by atoms with E-state index in [1.165, 1.54) is 308 Å². The van der Waals surface area contributed by atoms with Crippen molar-refractivity contribution in [3.8, 4) is 0 Å². The molecular formula is C72H138O6. The Balaban J connectivity index is 4.17. The second-order valence-electron chi connectivity index (χ2n) is 24.5. The minimum absolute atomic E-state index is 0.0657. The summed E-state index contributed by atoms with van der Waals surface area (Å²) in [5.41, 5.74) is 0. The van der Waals surface area contributed by atoms with Crippen molar-refractivity contribution in [2.45, 2.75) is 419 Å². The molecule has 0 aliphatic rings. The molecule has 0 saturated heterocycles. The highest BCUT2D eigenvalue weighted by Gasteiger charge is 2.19. The van der Waals surface area contributed by atoms with Crippen LogP contribution in [0.4, 0.5) is 0 Å². The molecule has 0 radical (unpaired) electrons. The molecule has 0 fully saturated rings. The Morgan fingerprint density at radius 3 is 0.667 bits per heavy atom. The van der Waals surface area contributed by atoms with Crippen LogP contribution in [-0.2, 0) is 28.6 Å². The third-order valence-electron chi connectivity index (χ3n) is 16.5. The van der Waals surface area contributed by atoms with E-state index < -0.39 is 6.10 Å². The van der Waals surface area contributed by atoms with Gasteiger partial charge in [-0.1, -0.05) is 360 Å². The Morgan fingerprint density at radius 1 is 0.244 bits per heavy atom. The van der Waals surface area contributed by atoms with E-state index >= 15 is 0 Å². The van der Waals surface area contributed by atoms with E-state index in [4.69, 9.17) is 14.2 Å². The molecule has 0 amide bonds. The van der Waals surface area contributed by atoms with Crippen molar-refractivity contribution in [3.05, 3.63) is 12.2 Å². The van der Waals surface area contributed by atoms with Gasteiger partial charge in [-0.25, -0.2) is 0 Å². The van der Waals surface area contributed by atoms with E-state index in [-0.39, 0.29) is 31.1 Å². The van der Waals surface area contributed by atoms with Crippen molar-refractivity contribution in [3.63, 3.8) is 0 Å². The molecule has 1 atom stereocenters. The molecule has 78 heavy (non-hydrogen) atoms. The Hall–Kier alpha value is -1.85. The van der Waals surface area contributed by atoms with Crippen molar-refractivity contribution >= 4 is 17.9 Å². The van der Waals surface area contributed by atoms with E-state index in [1.54, 1.807) is 0 Å². The lowest BCUT2D eigenvalue weighted by Crippen LogP contribution is -2.30. The van der Waals surface area contributed by atoms with E-state index in [1.807, 2.05) is 0 Å². The zero-order valence-corrected chi connectivity index (χ0v) is 53.2. The molecule has 0 bridgehead atoms. The van der Waals surface area contributed by atoms with Gasteiger partial charge in [0.25, 0.3) is 0 Å². The fourth-order valence-electron chi connectivity index (χ4n) is 11.2. The highest BCUT2D eigenvalue weighted by atomic mass is 16.6. The monoisotopic (exact) mass is 1100 g/mol. The third-order valence-corrected chi connectivity index (χ3v) is 16.5. The molecule has 1 unspecified atom stereocenters. The van der Waals surface area contributed by atoms with E-state index in [0.717, 1.165) is 64.2 Å². The van der Waals surface area contributed by atoms with Gasteiger partial charge in [0, 0.05) is 19.3 Å². The average Bonchev–Trinajstić information content (AvgIpc) is 3.44. The van der Waals surface area contributed by atoms with Crippen molar-refractivity contribution in [2.75, 3.05) is 13.2 Å². The van der Waals surface area contributed by atoms with Crippen LogP contribution < -0.4 is 0 Å². The third kappa shape index (κ3) is 65.0. The smallest absolute Gasteiger partial charge is 0.306 e. The molecular weight excluding hydrogens is 961 g/mol. The van der Waals surface area contributed by atoms with Crippen LogP contribution in [0.1, 0.15) is 412 Å². The van der Waals surface area contributed by atoms with Gasteiger partial charge in [0.2, 0.25) is 0 Å². The van der Waals surface area contributed by atoms with E-state index in [2.05, 4.69) is 32.9 Å². The van der Waals surface area contributed by atoms with Gasteiger partial charge in [0.15, 0.2) is 6.10 Å². The average molecular weight is 1100 g/mol. The summed E-state index contributed by atoms with van der Waals surface area (Å²) in [4.78, 5) is 38.4.